The number of ether oxygens (including phenoxy) is 1. The Bertz CT molecular complexity index is 1490. The molecule has 0 unspecified atom stereocenters. The molecule has 38 heavy (non-hydrogen) atoms. The number of aryl methyl sites for hydroxylation is 1. The third-order valence-electron chi connectivity index (χ3n) is 7.67. The van der Waals surface area contributed by atoms with Crippen LogP contribution in [0.25, 0.3) is 16.6 Å². The summed E-state index contributed by atoms with van der Waals surface area (Å²) >= 11 is 0. The maximum atomic E-state index is 13.7. The summed E-state index contributed by atoms with van der Waals surface area (Å²) in [4.78, 5) is 25.5. The van der Waals surface area contributed by atoms with Crippen LogP contribution in [0.2, 0.25) is 0 Å². The Morgan fingerprint density at radius 2 is 2.08 bits per heavy atom. The van der Waals surface area contributed by atoms with Crippen molar-refractivity contribution >= 4 is 28.3 Å². The zero-order chi connectivity index (χ0) is 26.6. The molecule has 2 N–H and O–H groups in total. The van der Waals surface area contributed by atoms with Crippen LogP contribution >= 0.6 is 0 Å². The molecule has 9 nitrogen and oxygen atoms in total. The second-order valence-corrected chi connectivity index (χ2v) is 10.4. The summed E-state index contributed by atoms with van der Waals surface area (Å²) in [6.45, 7) is 2.92. The lowest BCUT2D eigenvalue weighted by atomic mass is 9.99. The number of benzene rings is 1. The maximum Gasteiger partial charge on any atom is 0.387 e. The number of piperidine rings is 1. The number of fused-ring (bicyclic) bond motifs is 2. The number of nitrogens with one attached hydrogen (secondary N) is 1. The molecule has 0 radical (unpaired) electrons. The number of amides is 1. The van der Waals surface area contributed by atoms with Crippen LogP contribution in [0.5, 0.6) is 5.75 Å². The highest BCUT2D eigenvalue weighted by molar-refractivity contribution is 6.00. The fourth-order valence-electron chi connectivity index (χ4n) is 5.70. The number of likely N-dealkylation sites (tertiary alicyclic amines) is 1. The molecular weight excluding hydrogens is 494 g/mol. The number of hydrogen-bond donors (Lipinski definition) is 2. The maximum absolute atomic E-state index is 13.7. The van der Waals surface area contributed by atoms with Crippen LogP contribution in [-0.2, 0) is 0 Å². The van der Waals surface area contributed by atoms with E-state index in [0.717, 1.165) is 42.9 Å². The number of aliphatic hydroxyl groups excluding tert-OH is 1. The second-order valence-electron chi connectivity index (χ2n) is 10.4. The molecule has 1 aromatic carbocycles. The summed E-state index contributed by atoms with van der Waals surface area (Å²) in [5.74, 6) is 0.831. The third kappa shape index (κ3) is 4.34. The third-order valence-corrected chi connectivity index (χ3v) is 7.67. The van der Waals surface area contributed by atoms with Gasteiger partial charge in [-0.25, -0.2) is 9.50 Å². The smallest absolute Gasteiger partial charge is 0.387 e. The van der Waals surface area contributed by atoms with Gasteiger partial charge in [0.1, 0.15) is 17.3 Å². The van der Waals surface area contributed by atoms with Gasteiger partial charge in [-0.2, -0.15) is 13.9 Å². The molecule has 1 amide bonds. The van der Waals surface area contributed by atoms with Gasteiger partial charge in [-0.15, -0.1) is 0 Å². The highest BCUT2D eigenvalue weighted by Crippen LogP contribution is 2.34. The van der Waals surface area contributed by atoms with Gasteiger partial charge in [-0.1, -0.05) is 13.0 Å². The number of β-amino-alcohol motifs (C(OH)–C–C–N with tert-alkyl or cyclic N) is 1. The molecule has 2 aliphatic heterocycles. The Balaban J connectivity index is 1.31. The number of aromatic amines is 1. The lowest BCUT2D eigenvalue weighted by Gasteiger charge is -2.34. The number of halogens is 2. The molecule has 4 aromatic rings. The first kappa shape index (κ1) is 24.6. The highest BCUT2D eigenvalue weighted by Gasteiger charge is 2.33. The molecule has 200 valence electrons. The summed E-state index contributed by atoms with van der Waals surface area (Å²) in [7, 11) is 0. The number of hydrogen-bond acceptors (Lipinski definition) is 6. The monoisotopic (exact) mass is 524 g/mol. The minimum atomic E-state index is -2.95. The zero-order valence-corrected chi connectivity index (χ0v) is 21.3. The van der Waals surface area contributed by atoms with Crippen LogP contribution in [-0.4, -0.2) is 67.8 Å². The highest BCUT2D eigenvalue weighted by atomic mass is 19.3. The van der Waals surface area contributed by atoms with Crippen LogP contribution in [0, 0.1) is 12.8 Å². The molecule has 3 atom stereocenters. The molecule has 0 spiro atoms. The van der Waals surface area contributed by atoms with Crippen molar-refractivity contribution in [2.24, 2.45) is 5.92 Å². The molecule has 6 rings (SSSR count). The number of H-pyrrole nitrogens is 1. The Labute approximate surface area is 218 Å². The summed E-state index contributed by atoms with van der Waals surface area (Å²) in [5, 5.41) is 15.4. The van der Waals surface area contributed by atoms with Gasteiger partial charge in [-0.05, 0) is 44.4 Å². The van der Waals surface area contributed by atoms with Gasteiger partial charge in [0.25, 0.3) is 5.91 Å². The first-order valence-electron chi connectivity index (χ1n) is 13.0. The number of alkyl halides is 2. The number of carbonyl (C=O) groups excluding carboxylic acids is 1. The summed E-state index contributed by atoms with van der Waals surface area (Å²) < 4.78 is 32.1. The average Bonchev–Trinajstić information content (AvgIpc) is 3.60. The lowest BCUT2D eigenvalue weighted by Crippen LogP contribution is -2.38. The number of aliphatic hydroxyl groups is 1. The van der Waals surface area contributed by atoms with Crippen LogP contribution in [0.4, 0.5) is 14.6 Å². The summed E-state index contributed by atoms with van der Waals surface area (Å²) in [5.41, 5.74) is 3.28. The van der Waals surface area contributed by atoms with Gasteiger partial charge in [0.05, 0.1) is 17.8 Å². The van der Waals surface area contributed by atoms with Crippen molar-refractivity contribution in [3.8, 4) is 5.75 Å². The topological polar surface area (TPSA) is 99.0 Å². The van der Waals surface area contributed by atoms with E-state index in [2.05, 4.69) is 14.6 Å². The van der Waals surface area contributed by atoms with Crippen molar-refractivity contribution < 1.29 is 23.4 Å². The van der Waals surface area contributed by atoms with E-state index in [1.165, 1.54) is 6.07 Å². The van der Waals surface area contributed by atoms with E-state index in [1.54, 1.807) is 27.6 Å². The lowest BCUT2D eigenvalue weighted by molar-refractivity contribution is -0.0487. The number of aromatic nitrogens is 4. The first-order chi connectivity index (χ1) is 18.3. The molecule has 2 fully saturated rings. The zero-order valence-electron chi connectivity index (χ0n) is 21.3. The van der Waals surface area contributed by atoms with E-state index in [1.807, 2.05) is 26.1 Å². The standard InChI is InChI=1S/C27H30F2N6O3/c1-15-12-33(14-22(15)36)25-16(2)13-35-24(31-25)11-19(32-35)21-7-3-4-9-34(21)26(37)20-10-17-18(30-20)6-5-8-23(17)38-27(28)29/h5-6,8,10-11,13,15,21-22,27,30,36H,3-4,7,9,12,14H2,1-2H3/t15-,21+,22+/m1/s1. The minimum Gasteiger partial charge on any atom is -0.434 e. The van der Waals surface area contributed by atoms with Crippen molar-refractivity contribution in [1.82, 2.24) is 24.5 Å². The van der Waals surface area contributed by atoms with Gasteiger partial charge in [0.15, 0.2) is 5.65 Å². The van der Waals surface area contributed by atoms with Gasteiger partial charge in [0.2, 0.25) is 0 Å². The van der Waals surface area contributed by atoms with E-state index in [0.29, 0.717) is 35.3 Å². The number of rotatable bonds is 5. The van der Waals surface area contributed by atoms with E-state index >= 15 is 0 Å². The molecular formula is C27H30F2N6O3. The van der Waals surface area contributed by atoms with Gasteiger partial charge < -0.3 is 24.6 Å². The van der Waals surface area contributed by atoms with Crippen molar-refractivity contribution in [3.63, 3.8) is 0 Å². The predicted octanol–water partition coefficient (Wildman–Crippen LogP) is 4.30. The van der Waals surface area contributed by atoms with Crippen molar-refractivity contribution in [2.45, 2.75) is 51.9 Å². The van der Waals surface area contributed by atoms with Crippen molar-refractivity contribution in [1.29, 1.82) is 0 Å². The van der Waals surface area contributed by atoms with Crippen LogP contribution in [0.15, 0.2) is 36.5 Å². The minimum absolute atomic E-state index is 0.0282. The van der Waals surface area contributed by atoms with E-state index in [-0.39, 0.29) is 29.7 Å². The molecule has 2 aliphatic rings. The van der Waals surface area contributed by atoms with Crippen LogP contribution in [0.3, 0.4) is 0 Å². The fourth-order valence-corrected chi connectivity index (χ4v) is 5.70. The fraction of sp³-hybridized carbons (Fsp3) is 0.444. The Morgan fingerprint density at radius 3 is 2.84 bits per heavy atom. The SMILES string of the molecule is Cc1cn2nc([C@@H]3CCCCN3C(=O)c3cc4c(OC(F)F)cccc4[nH]3)cc2nc1N1C[C@@H](C)[C@@H](O)C1. The molecule has 3 aromatic heterocycles. The average molecular weight is 525 g/mol. The summed E-state index contributed by atoms with van der Waals surface area (Å²) in [6, 6.07) is 8.06. The van der Waals surface area contributed by atoms with Crippen molar-refractivity contribution in [3.05, 3.63) is 53.5 Å². The largest absolute Gasteiger partial charge is 0.434 e. The molecule has 11 heteroatoms. The number of anilines is 1. The predicted molar refractivity (Wildman–Crippen MR) is 138 cm³/mol. The molecule has 0 aliphatic carbocycles. The molecule has 0 bridgehead atoms. The van der Waals surface area contributed by atoms with E-state index in [9.17, 15) is 18.7 Å². The quantitative estimate of drug-likeness (QED) is 0.404. The van der Waals surface area contributed by atoms with Crippen molar-refractivity contribution in [2.75, 3.05) is 24.5 Å². The normalized spacial score (nSPS) is 22.2. The number of carbonyl (C=O) groups is 1. The Kier molecular flexibility index (Phi) is 6.17. The van der Waals surface area contributed by atoms with Gasteiger partial charge >= 0.3 is 6.61 Å². The van der Waals surface area contributed by atoms with Gasteiger partial charge in [0, 0.05) is 54.3 Å². The Morgan fingerprint density at radius 1 is 1.24 bits per heavy atom. The second kappa shape index (κ2) is 9.54. The molecule has 2 saturated heterocycles. The summed E-state index contributed by atoms with van der Waals surface area (Å²) in [6.07, 6.45) is 4.15. The number of nitrogens with zero attached hydrogens (tertiary/aromatic N) is 5. The van der Waals surface area contributed by atoms with Crippen LogP contribution in [0.1, 0.15) is 54.0 Å². The molecule has 0 saturated carbocycles. The van der Waals surface area contributed by atoms with E-state index in [4.69, 9.17) is 10.1 Å². The Hall–Kier alpha value is -3.73. The first-order valence-corrected chi connectivity index (χ1v) is 13.0. The van der Waals surface area contributed by atoms with Gasteiger partial charge in [-0.3, -0.25) is 4.79 Å². The van der Waals surface area contributed by atoms with E-state index < -0.39 is 6.61 Å². The van der Waals surface area contributed by atoms with Crippen LogP contribution < -0.4 is 9.64 Å². The molecule has 5 heterocycles.